The highest BCUT2D eigenvalue weighted by Gasteiger charge is 2.21. The number of likely N-dealkylation sites (N-methyl/N-ethyl adjacent to an activating group) is 1. The van der Waals surface area contributed by atoms with E-state index in [1.807, 2.05) is 0 Å². The van der Waals surface area contributed by atoms with Crippen molar-refractivity contribution in [3.8, 4) is 0 Å². The van der Waals surface area contributed by atoms with Crippen LogP contribution in [0.25, 0.3) is 0 Å². The molecule has 0 spiro atoms. The van der Waals surface area contributed by atoms with E-state index in [2.05, 4.69) is 44.9 Å². The predicted octanol–water partition coefficient (Wildman–Crippen LogP) is 2.45. The number of pyridine rings is 1. The number of rotatable bonds is 4. The van der Waals surface area contributed by atoms with Crippen molar-refractivity contribution in [2.45, 2.75) is 51.7 Å². The van der Waals surface area contributed by atoms with E-state index < -0.39 is 0 Å². The fourth-order valence-electron chi connectivity index (χ4n) is 2.46. The summed E-state index contributed by atoms with van der Waals surface area (Å²) in [6.07, 6.45) is 2.65. The third-order valence-electron chi connectivity index (χ3n) is 3.77. The van der Waals surface area contributed by atoms with Gasteiger partial charge in [-0.25, -0.2) is 4.98 Å². The first kappa shape index (κ1) is 15.3. The van der Waals surface area contributed by atoms with Crippen LogP contribution in [0.3, 0.4) is 0 Å². The van der Waals surface area contributed by atoms with Crippen LogP contribution in [-0.2, 0) is 16.7 Å². The Morgan fingerprint density at radius 2 is 2.15 bits per heavy atom. The van der Waals surface area contributed by atoms with Gasteiger partial charge in [0.05, 0.1) is 6.10 Å². The Morgan fingerprint density at radius 1 is 1.40 bits per heavy atom. The molecule has 2 rings (SSSR count). The molecule has 0 amide bonds. The molecule has 1 aromatic rings. The molecule has 1 fully saturated rings. The van der Waals surface area contributed by atoms with Gasteiger partial charge in [-0.1, -0.05) is 20.8 Å². The molecule has 20 heavy (non-hydrogen) atoms. The Bertz CT molecular complexity index is 448. The maximum Gasteiger partial charge on any atom is 0.128 e. The Hall–Kier alpha value is -1.13. The molecule has 1 saturated heterocycles. The molecule has 0 radical (unpaired) electrons. The lowest BCUT2D eigenvalue weighted by Crippen LogP contribution is -2.30. The first-order chi connectivity index (χ1) is 9.40. The van der Waals surface area contributed by atoms with Crippen LogP contribution in [0.2, 0.25) is 0 Å². The number of hydrogen-bond acceptors (Lipinski definition) is 4. The van der Waals surface area contributed by atoms with Gasteiger partial charge in [-0.05, 0) is 30.5 Å². The molecule has 4 nitrogen and oxygen atoms in total. The van der Waals surface area contributed by atoms with Crippen LogP contribution >= 0.6 is 0 Å². The van der Waals surface area contributed by atoms with Gasteiger partial charge in [0.2, 0.25) is 0 Å². The number of nitrogens with zero attached hydrogens (tertiary/aromatic N) is 2. The smallest absolute Gasteiger partial charge is 0.128 e. The van der Waals surface area contributed by atoms with E-state index in [0.29, 0.717) is 12.6 Å². The lowest BCUT2D eigenvalue weighted by atomic mass is 9.90. The Labute approximate surface area is 122 Å². The molecular weight excluding hydrogens is 250 g/mol. The quantitative estimate of drug-likeness (QED) is 0.918. The minimum Gasteiger partial charge on any atom is -0.376 e. The first-order valence-electron chi connectivity index (χ1n) is 7.44. The number of nitrogens with two attached hydrogens (primary N) is 1. The summed E-state index contributed by atoms with van der Waals surface area (Å²) in [7, 11) is 2.08. The summed E-state index contributed by atoms with van der Waals surface area (Å²) in [5, 5.41) is 0. The van der Waals surface area contributed by atoms with Crippen LogP contribution in [-0.4, -0.2) is 31.3 Å². The van der Waals surface area contributed by atoms with Gasteiger partial charge in [-0.15, -0.1) is 0 Å². The molecule has 2 heterocycles. The van der Waals surface area contributed by atoms with Crippen molar-refractivity contribution >= 4 is 5.82 Å². The lowest BCUT2D eigenvalue weighted by molar-refractivity contribution is 0.116. The zero-order valence-electron chi connectivity index (χ0n) is 13.1. The highest BCUT2D eigenvalue weighted by atomic mass is 16.5. The van der Waals surface area contributed by atoms with E-state index in [9.17, 15) is 0 Å². The van der Waals surface area contributed by atoms with Gasteiger partial charge < -0.3 is 15.4 Å². The van der Waals surface area contributed by atoms with Crippen molar-refractivity contribution in [1.82, 2.24) is 4.98 Å². The predicted molar refractivity (Wildman–Crippen MR) is 83.1 cm³/mol. The molecule has 112 valence electrons. The average Bonchev–Trinajstić information content (AvgIpc) is 2.90. The number of hydrogen-bond donors (Lipinski definition) is 1. The van der Waals surface area contributed by atoms with E-state index in [-0.39, 0.29) is 5.41 Å². The Morgan fingerprint density at radius 3 is 2.70 bits per heavy atom. The molecule has 0 saturated carbocycles. The number of ether oxygens (including phenoxy) is 1. The van der Waals surface area contributed by atoms with Crippen LogP contribution in [0.1, 0.15) is 44.9 Å². The summed E-state index contributed by atoms with van der Waals surface area (Å²) in [5.74, 6) is 0.994. The molecule has 0 aromatic carbocycles. The van der Waals surface area contributed by atoms with Gasteiger partial charge in [-0.3, -0.25) is 0 Å². The van der Waals surface area contributed by atoms with Crippen LogP contribution < -0.4 is 10.6 Å². The van der Waals surface area contributed by atoms with Crippen LogP contribution in [0, 0.1) is 0 Å². The molecule has 1 aromatic heterocycles. The van der Waals surface area contributed by atoms with Crippen molar-refractivity contribution in [3.05, 3.63) is 23.4 Å². The van der Waals surface area contributed by atoms with Crippen LogP contribution in [0.15, 0.2) is 12.1 Å². The summed E-state index contributed by atoms with van der Waals surface area (Å²) in [6.45, 7) is 8.87. The van der Waals surface area contributed by atoms with Crippen molar-refractivity contribution in [3.63, 3.8) is 0 Å². The van der Waals surface area contributed by atoms with Gasteiger partial charge in [0.25, 0.3) is 0 Å². The molecule has 0 bridgehead atoms. The Kier molecular flexibility index (Phi) is 4.66. The van der Waals surface area contributed by atoms with E-state index in [4.69, 9.17) is 15.5 Å². The zero-order valence-corrected chi connectivity index (χ0v) is 13.1. The lowest BCUT2D eigenvalue weighted by Gasteiger charge is -2.25. The van der Waals surface area contributed by atoms with Crippen molar-refractivity contribution in [1.29, 1.82) is 0 Å². The third-order valence-corrected chi connectivity index (χ3v) is 3.77. The zero-order chi connectivity index (χ0) is 14.8. The van der Waals surface area contributed by atoms with Crippen LogP contribution in [0.5, 0.6) is 0 Å². The normalized spacial score (nSPS) is 19.4. The largest absolute Gasteiger partial charge is 0.376 e. The molecule has 1 unspecified atom stereocenters. The maximum absolute atomic E-state index is 5.82. The minimum absolute atomic E-state index is 0.0324. The van der Waals surface area contributed by atoms with Gasteiger partial charge >= 0.3 is 0 Å². The second-order valence-corrected chi connectivity index (χ2v) is 6.69. The van der Waals surface area contributed by atoms with E-state index in [0.717, 1.165) is 36.6 Å². The van der Waals surface area contributed by atoms with Crippen molar-refractivity contribution in [2.24, 2.45) is 5.73 Å². The highest BCUT2D eigenvalue weighted by Crippen LogP contribution is 2.25. The monoisotopic (exact) mass is 277 g/mol. The minimum atomic E-state index is 0.0324. The molecule has 1 aliphatic heterocycles. The SMILES string of the molecule is CN(CC1CCCO1)c1cc(CN)cc(C(C)(C)C)n1. The molecule has 2 N–H and O–H groups in total. The number of anilines is 1. The second-order valence-electron chi connectivity index (χ2n) is 6.69. The fraction of sp³-hybridized carbons (Fsp3) is 0.688. The molecule has 4 heteroatoms. The summed E-state index contributed by atoms with van der Waals surface area (Å²) in [5.41, 5.74) is 8.09. The maximum atomic E-state index is 5.82. The van der Waals surface area contributed by atoms with E-state index >= 15 is 0 Å². The summed E-state index contributed by atoms with van der Waals surface area (Å²) in [6, 6.07) is 4.20. The van der Waals surface area contributed by atoms with Gasteiger partial charge in [0.15, 0.2) is 0 Å². The van der Waals surface area contributed by atoms with Crippen molar-refractivity contribution < 1.29 is 4.74 Å². The standard InChI is InChI=1S/C16H27N3O/c1-16(2,3)14-8-12(10-17)9-15(18-14)19(4)11-13-6-5-7-20-13/h8-9,13H,5-7,10-11,17H2,1-4H3. The fourth-order valence-corrected chi connectivity index (χ4v) is 2.46. The summed E-state index contributed by atoms with van der Waals surface area (Å²) in [4.78, 5) is 6.99. The van der Waals surface area contributed by atoms with Gasteiger partial charge in [0, 0.05) is 37.9 Å². The average molecular weight is 277 g/mol. The highest BCUT2D eigenvalue weighted by molar-refractivity contribution is 5.43. The molecule has 1 aliphatic rings. The Balaban J connectivity index is 2.20. The molecule has 1 atom stereocenters. The van der Waals surface area contributed by atoms with E-state index in [1.165, 1.54) is 6.42 Å². The topological polar surface area (TPSA) is 51.4 Å². The summed E-state index contributed by atoms with van der Waals surface area (Å²) >= 11 is 0. The van der Waals surface area contributed by atoms with Gasteiger partial charge in [0.1, 0.15) is 5.82 Å². The summed E-state index contributed by atoms with van der Waals surface area (Å²) < 4.78 is 5.71. The van der Waals surface area contributed by atoms with Crippen LogP contribution in [0.4, 0.5) is 5.82 Å². The second kappa shape index (κ2) is 6.10. The molecular formula is C16H27N3O. The molecule has 0 aliphatic carbocycles. The number of aromatic nitrogens is 1. The first-order valence-corrected chi connectivity index (χ1v) is 7.44. The van der Waals surface area contributed by atoms with Crippen molar-refractivity contribution in [2.75, 3.05) is 25.1 Å². The third kappa shape index (κ3) is 3.70. The van der Waals surface area contributed by atoms with Gasteiger partial charge in [-0.2, -0.15) is 0 Å². The van der Waals surface area contributed by atoms with E-state index in [1.54, 1.807) is 0 Å².